The van der Waals surface area contributed by atoms with Gasteiger partial charge in [0.15, 0.2) is 0 Å². The number of alkyl halides is 3. The highest BCUT2D eigenvalue weighted by molar-refractivity contribution is 7.88. The molecule has 0 spiro atoms. The highest BCUT2D eigenvalue weighted by Crippen LogP contribution is 2.29. The number of phenolic OH excluding ortho intramolecular Hbond substituents is 1. The molecule has 0 saturated heterocycles. The summed E-state index contributed by atoms with van der Waals surface area (Å²) in [6.07, 6.45) is 0. The average Bonchev–Trinajstić information content (AvgIpc) is 2.27. The Morgan fingerprint density at radius 2 is 1.58 bits per heavy atom. The number of benzene rings is 2. The molecule has 1 N–H and O–H groups in total. The largest absolute Gasteiger partial charge is 0.534 e. The summed E-state index contributed by atoms with van der Waals surface area (Å²) >= 11 is 0. The van der Waals surface area contributed by atoms with Crippen LogP contribution in [0.4, 0.5) is 13.2 Å². The monoisotopic (exact) mass is 292 g/mol. The normalized spacial score (nSPS) is 12.6. The van der Waals surface area contributed by atoms with Crippen LogP contribution in [0, 0.1) is 0 Å². The molecule has 0 aliphatic rings. The molecule has 8 heteroatoms. The zero-order valence-corrected chi connectivity index (χ0v) is 9.99. The number of rotatable bonds is 2. The van der Waals surface area contributed by atoms with E-state index in [1.807, 2.05) is 0 Å². The van der Waals surface area contributed by atoms with E-state index in [1.54, 1.807) is 0 Å². The van der Waals surface area contributed by atoms with E-state index in [0.29, 0.717) is 10.8 Å². The van der Waals surface area contributed by atoms with Crippen molar-refractivity contribution in [3.8, 4) is 11.5 Å². The predicted octanol–water partition coefficient (Wildman–Crippen LogP) is 2.77. The van der Waals surface area contributed by atoms with Gasteiger partial charge in [-0.05, 0) is 35.0 Å². The quantitative estimate of drug-likeness (QED) is 0.683. The van der Waals surface area contributed by atoms with Crippen molar-refractivity contribution in [1.82, 2.24) is 0 Å². The van der Waals surface area contributed by atoms with Crippen molar-refractivity contribution in [3.05, 3.63) is 36.4 Å². The summed E-state index contributed by atoms with van der Waals surface area (Å²) in [5, 5.41) is 10.2. The number of hydrogen-bond donors (Lipinski definition) is 1. The summed E-state index contributed by atoms with van der Waals surface area (Å²) in [7, 11) is -5.68. The number of phenols is 1. The van der Waals surface area contributed by atoms with Crippen LogP contribution < -0.4 is 4.18 Å². The Morgan fingerprint density at radius 1 is 1.00 bits per heavy atom. The van der Waals surface area contributed by atoms with Crippen LogP contribution in [0.3, 0.4) is 0 Å². The summed E-state index contributed by atoms with van der Waals surface area (Å²) in [5.74, 6) is -0.459. The first-order chi connectivity index (χ1) is 8.69. The Bertz CT molecular complexity index is 722. The minimum atomic E-state index is -5.68. The van der Waals surface area contributed by atoms with Crippen molar-refractivity contribution < 1.29 is 30.9 Å². The molecule has 4 nitrogen and oxygen atoms in total. The summed E-state index contributed by atoms with van der Waals surface area (Å²) in [5.41, 5.74) is -5.48. The van der Waals surface area contributed by atoms with Crippen LogP contribution in [0.25, 0.3) is 10.8 Å². The third-order valence-corrected chi connectivity index (χ3v) is 3.26. The molecule has 0 aliphatic heterocycles. The number of fused-ring (bicyclic) bond motifs is 1. The van der Waals surface area contributed by atoms with Crippen LogP contribution >= 0.6 is 0 Å². The molecule has 2 rings (SSSR count). The van der Waals surface area contributed by atoms with E-state index in [4.69, 9.17) is 0 Å². The van der Waals surface area contributed by atoms with Gasteiger partial charge in [0.1, 0.15) is 11.5 Å². The van der Waals surface area contributed by atoms with Crippen molar-refractivity contribution in [2.75, 3.05) is 0 Å². The Kier molecular flexibility index (Phi) is 3.05. The molecular formula is C11H7F3O4S. The van der Waals surface area contributed by atoms with E-state index < -0.39 is 21.4 Å². The molecule has 0 aliphatic carbocycles. The van der Waals surface area contributed by atoms with Crippen molar-refractivity contribution in [2.45, 2.75) is 5.51 Å². The van der Waals surface area contributed by atoms with Crippen molar-refractivity contribution >= 4 is 20.9 Å². The van der Waals surface area contributed by atoms with Gasteiger partial charge in [0.25, 0.3) is 0 Å². The summed E-state index contributed by atoms with van der Waals surface area (Å²) in [4.78, 5) is 0. The van der Waals surface area contributed by atoms with Gasteiger partial charge in [0, 0.05) is 0 Å². The Labute approximate surface area is 106 Å². The Hall–Kier alpha value is -1.96. The van der Waals surface area contributed by atoms with Crippen LogP contribution in [-0.4, -0.2) is 19.0 Å². The van der Waals surface area contributed by atoms with Gasteiger partial charge in [-0.1, -0.05) is 12.1 Å². The lowest BCUT2D eigenvalue weighted by Gasteiger charge is -2.10. The molecule has 0 heterocycles. The highest BCUT2D eigenvalue weighted by Gasteiger charge is 2.48. The molecule has 0 amide bonds. The maximum Gasteiger partial charge on any atom is 0.534 e. The van der Waals surface area contributed by atoms with Gasteiger partial charge in [-0.2, -0.15) is 21.6 Å². The first kappa shape index (κ1) is 13.5. The molecule has 0 aromatic heterocycles. The molecule has 0 radical (unpaired) electrons. The highest BCUT2D eigenvalue weighted by atomic mass is 32.2. The Morgan fingerprint density at radius 3 is 2.21 bits per heavy atom. The fourth-order valence-electron chi connectivity index (χ4n) is 1.44. The molecule has 19 heavy (non-hydrogen) atoms. The lowest BCUT2D eigenvalue weighted by Crippen LogP contribution is -2.28. The standard InChI is InChI=1S/C11H7F3O4S/c12-11(13,14)19(16,17)18-10-4-2-7-5-9(15)3-1-8(7)6-10/h1-6,15H. The van der Waals surface area contributed by atoms with Gasteiger partial charge < -0.3 is 9.29 Å². The first-order valence-electron chi connectivity index (χ1n) is 4.92. The van der Waals surface area contributed by atoms with E-state index >= 15 is 0 Å². The van der Waals surface area contributed by atoms with Gasteiger partial charge in [0.2, 0.25) is 0 Å². The molecule has 2 aromatic carbocycles. The maximum atomic E-state index is 12.1. The fraction of sp³-hybridized carbons (Fsp3) is 0.0909. The number of hydrogen-bond acceptors (Lipinski definition) is 4. The topological polar surface area (TPSA) is 63.6 Å². The summed E-state index contributed by atoms with van der Waals surface area (Å²) < 4.78 is 62.1. The second-order valence-electron chi connectivity index (χ2n) is 3.68. The summed E-state index contributed by atoms with van der Waals surface area (Å²) in [6.45, 7) is 0. The molecule has 0 bridgehead atoms. The van der Waals surface area contributed by atoms with E-state index in [-0.39, 0.29) is 5.75 Å². The third-order valence-electron chi connectivity index (χ3n) is 2.28. The molecule has 0 fully saturated rings. The summed E-state index contributed by atoms with van der Waals surface area (Å²) in [6, 6.07) is 7.69. The zero-order valence-electron chi connectivity index (χ0n) is 9.18. The third kappa shape index (κ3) is 2.73. The zero-order chi connectivity index (χ0) is 14.3. The van der Waals surface area contributed by atoms with Crippen LogP contribution in [0.2, 0.25) is 0 Å². The van der Waals surface area contributed by atoms with Crippen LogP contribution in [0.15, 0.2) is 36.4 Å². The first-order valence-corrected chi connectivity index (χ1v) is 6.33. The second kappa shape index (κ2) is 4.30. The number of aromatic hydroxyl groups is 1. The molecule has 102 valence electrons. The van der Waals surface area contributed by atoms with Gasteiger partial charge >= 0.3 is 15.6 Å². The van der Waals surface area contributed by atoms with Crippen LogP contribution in [0.5, 0.6) is 11.5 Å². The fourth-order valence-corrected chi connectivity index (χ4v) is 1.89. The van der Waals surface area contributed by atoms with E-state index in [2.05, 4.69) is 4.18 Å². The van der Waals surface area contributed by atoms with Crippen LogP contribution in [0.1, 0.15) is 0 Å². The average molecular weight is 292 g/mol. The van der Waals surface area contributed by atoms with E-state index in [1.165, 1.54) is 24.3 Å². The molecular weight excluding hydrogens is 285 g/mol. The predicted molar refractivity (Wildman–Crippen MR) is 61.2 cm³/mol. The van der Waals surface area contributed by atoms with Crippen LogP contribution in [-0.2, 0) is 10.1 Å². The molecule has 0 atom stereocenters. The second-order valence-corrected chi connectivity index (χ2v) is 5.21. The Balaban J connectivity index is 2.40. The molecule has 0 saturated carbocycles. The van der Waals surface area contributed by atoms with Gasteiger partial charge in [-0.25, -0.2) is 0 Å². The van der Waals surface area contributed by atoms with Crippen molar-refractivity contribution in [3.63, 3.8) is 0 Å². The van der Waals surface area contributed by atoms with Gasteiger partial charge in [0.05, 0.1) is 0 Å². The lowest BCUT2D eigenvalue weighted by atomic mass is 10.1. The van der Waals surface area contributed by atoms with Crippen molar-refractivity contribution in [2.24, 2.45) is 0 Å². The minimum Gasteiger partial charge on any atom is -0.508 e. The van der Waals surface area contributed by atoms with E-state index in [9.17, 15) is 26.7 Å². The van der Waals surface area contributed by atoms with Gasteiger partial charge in [-0.3, -0.25) is 0 Å². The molecule has 2 aromatic rings. The number of halogens is 3. The molecule has 0 unspecified atom stereocenters. The smallest absolute Gasteiger partial charge is 0.508 e. The lowest BCUT2D eigenvalue weighted by molar-refractivity contribution is -0.0500. The van der Waals surface area contributed by atoms with Crippen molar-refractivity contribution in [1.29, 1.82) is 0 Å². The SMILES string of the molecule is O=S(=O)(Oc1ccc2cc(O)ccc2c1)C(F)(F)F. The van der Waals surface area contributed by atoms with E-state index in [0.717, 1.165) is 12.1 Å². The maximum absolute atomic E-state index is 12.1. The minimum absolute atomic E-state index is 0.0101. The van der Waals surface area contributed by atoms with Gasteiger partial charge in [-0.15, -0.1) is 0 Å².